The van der Waals surface area contributed by atoms with Crippen molar-refractivity contribution in [3.8, 4) is 0 Å². The highest BCUT2D eigenvalue weighted by Gasteiger charge is 2.40. The predicted octanol–water partition coefficient (Wildman–Crippen LogP) is 2.61. The Bertz CT molecular complexity index is 387. The van der Waals surface area contributed by atoms with Gasteiger partial charge in [0.1, 0.15) is 0 Å². The van der Waals surface area contributed by atoms with Gasteiger partial charge >= 0.3 is 0 Å². The maximum Gasteiger partial charge on any atom is 0.251 e. The van der Waals surface area contributed by atoms with E-state index < -0.39 is 0 Å². The van der Waals surface area contributed by atoms with Crippen LogP contribution in [0.5, 0.6) is 0 Å². The smallest absolute Gasteiger partial charge is 0.251 e. The van der Waals surface area contributed by atoms with Gasteiger partial charge in [0, 0.05) is 11.6 Å². The zero-order chi connectivity index (χ0) is 11.0. The molecule has 0 spiro atoms. The van der Waals surface area contributed by atoms with Crippen LogP contribution >= 0.6 is 0 Å². The lowest BCUT2D eigenvalue weighted by molar-refractivity contribution is 0.0923. The normalized spacial score (nSPS) is 31.6. The van der Waals surface area contributed by atoms with Crippen molar-refractivity contribution in [2.75, 3.05) is 0 Å². The third kappa shape index (κ3) is 1.73. The summed E-state index contributed by atoms with van der Waals surface area (Å²) >= 11 is 0. The predicted molar refractivity (Wildman–Crippen MR) is 63.1 cm³/mol. The monoisotopic (exact) mass is 215 g/mol. The molecule has 1 aromatic carbocycles. The first-order valence-electron chi connectivity index (χ1n) is 6.19. The van der Waals surface area contributed by atoms with Crippen LogP contribution in [0, 0.1) is 11.8 Å². The molecule has 2 bridgehead atoms. The van der Waals surface area contributed by atoms with Gasteiger partial charge in [-0.1, -0.05) is 24.6 Å². The molecule has 2 fully saturated rings. The lowest BCUT2D eigenvalue weighted by Crippen LogP contribution is -2.38. The third-order valence-electron chi connectivity index (χ3n) is 4.09. The Morgan fingerprint density at radius 3 is 2.56 bits per heavy atom. The number of carbonyl (C=O) groups is 1. The number of fused-ring (bicyclic) bond motifs is 2. The molecule has 84 valence electrons. The lowest BCUT2D eigenvalue weighted by Gasteiger charge is -2.22. The number of carbonyl (C=O) groups excluding carboxylic acids is 1. The first-order chi connectivity index (χ1) is 7.83. The summed E-state index contributed by atoms with van der Waals surface area (Å²) in [6.45, 7) is 0. The fraction of sp³-hybridized carbons (Fsp3) is 0.500. The highest BCUT2D eigenvalue weighted by atomic mass is 16.1. The number of rotatable bonds is 2. The molecule has 0 aliphatic heterocycles. The van der Waals surface area contributed by atoms with Crippen LogP contribution in [0.25, 0.3) is 0 Å². The minimum Gasteiger partial charge on any atom is -0.349 e. The van der Waals surface area contributed by atoms with Crippen molar-refractivity contribution >= 4 is 5.91 Å². The van der Waals surface area contributed by atoms with Crippen LogP contribution in [0.2, 0.25) is 0 Å². The van der Waals surface area contributed by atoms with Crippen molar-refractivity contribution in [2.24, 2.45) is 11.8 Å². The van der Waals surface area contributed by atoms with Crippen LogP contribution in [0.3, 0.4) is 0 Å². The molecule has 0 aromatic heterocycles. The maximum absolute atomic E-state index is 12.0. The fourth-order valence-electron chi connectivity index (χ4n) is 3.26. The van der Waals surface area contributed by atoms with Gasteiger partial charge in [-0.05, 0) is 43.2 Å². The molecule has 2 saturated carbocycles. The average molecular weight is 215 g/mol. The fourth-order valence-corrected chi connectivity index (χ4v) is 3.26. The van der Waals surface area contributed by atoms with Crippen molar-refractivity contribution in [1.82, 2.24) is 5.32 Å². The van der Waals surface area contributed by atoms with E-state index in [9.17, 15) is 4.79 Å². The molecular weight excluding hydrogens is 198 g/mol. The topological polar surface area (TPSA) is 29.1 Å². The summed E-state index contributed by atoms with van der Waals surface area (Å²) in [5.41, 5.74) is 0.783. The minimum absolute atomic E-state index is 0.0955. The molecule has 1 amide bonds. The van der Waals surface area contributed by atoms with E-state index in [4.69, 9.17) is 0 Å². The molecule has 3 unspecified atom stereocenters. The molecule has 2 heteroatoms. The molecule has 0 radical (unpaired) electrons. The van der Waals surface area contributed by atoms with Crippen LogP contribution < -0.4 is 5.32 Å². The Labute approximate surface area is 96.1 Å². The SMILES string of the molecule is O=C(NC1CC2CCC1C2)c1ccccc1. The van der Waals surface area contributed by atoms with E-state index in [1.807, 2.05) is 30.3 Å². The van der Waals surface area contributed by atoms with Crippen molar-refractivity contribution in [3.63, 3.8) is 0 Å². The van der Waals surface area contributed by atoms with Gasteiger partial charge in [-0.25, -0.2) is 0 Å². The molecular formula is C14H17NO. The molecule has 0 heterocycles. The summed E-state index contributed by atoms with van der Waals surface area (Å²) in [5, 5.41) is 3.19. The molecule has 2 aliphatic rings. The summed E-state index contributed by atoms with van der Waals surface area (Å²) in [5.74, 6) is 1.72. The van der Waals surface area contributed by atoms with Crippen molar-refractivity contribution in [3.05, 3.63) is 35.9 Å². The van der Waals surface area contributed by atoms with Gasteiger partial charge in [-0.2, -0.15) is 0 Å². The first kappa shape index (κ1) is 9.88. The summed E-state index contributed by atoms with van der Waals surface area (Å²) in [6.07, 6.45) is 5.22. The lowest BCUT2D eigenvalue weighted by atomic mass is 9.95. The summed E-state index contributed by atoms with van der Waals surface area (Å²) in [4.78, 5) is 12.0. The second-order valence-corrected chi connectivity index (χ2v) is 5.12. The maximum atomic E-state index is 12.0. The molecule has 3 atom stereocenters. The van der Waals surface area contributed by atoms with E-state index in [1.54, 1.807) is 0 Å². The van der Waals surface area contributed by atoms with Gasteiger partial charge in [0.2, 0.25) is 0 Å². The zero-order valence-electron chi connectivity index (χ0n) is 9.36. The van der Waals surface area contributed by atoms with E-state index in [2.05, 4.69) is 5.32 Å². The summed E-state index contributed by atoms with van der Waals surface area (Å²) < 4.78 is 0. The van der Waals surface area contributed by atoms with Crippen LogP contribution in [0.4, 0.5) is 0 Å². The number of nitrogens with one attached hydrogen (secondary N) is 1. The molecule has 1 aromatic rings. The van der Waals surface area contributed by atoms with Crippen LogP contribution in [-0.2, 0) is 0 Å². The number of hydrogen-bond donors (Lipinski definition) is 1. The molecule has 3 rings (SSSR count). The molecule has 2 nitrogen and oxygen atoms in total. The second-order valence-electron chi connectivity index (χ2n) is 5.12. The Kier molecular flexibility index (Phi) is 2.43. The summed E-state index contributed by atoms with van der Waals surface area (Å²) in [6, 6.07) is 9.96. The molecule has 2 aliphatic carbocycles. The van der Waals surface area contributed by atoms with E-state index in [0.29, 0.717) is 6.04 Å². The van der Waals surface area contributed by atoms with E-state index >= 15 is 0 Å². The summed E-state index contributed by atoms with van der Waals surface area (Å²) in [7, 11) is 0. The standard InChI is InChI=1S/C14H17NO/c16-14(11-4-2-1-3-5-11)15-13-9-10-6-7-12(13)8-10/h1-5,10,12-13H,6-9H2,(H,15,16). The van der Waals surface area contributed by atoms with Crippen molar-refractivity contribution in [2.45, 2.75) is 31.7 Å². The molecule has 0 saturated heterocycles. The van der Waals surface area contributed by atoms with Gasteiger partial charge in [-0.15, -0.1) is 0 Å². The van der Waals surface area contributed by atoms with Crippen molar-refractivity contribution < 1.29 is 4.79 Å². The Hall–Kier alpha value is -1.31. The zero-order valence-corrected chi connectivity index (χ0v) is 9.36. The Balaban J connectivity index is 1.65. The highest BCUT2D eigenvalue weighted by molar-refractivity contribution is 5.94. The van der Waals surface area contributed by atoms with E-state index in [1.165, 1.54) is 25.7 Å². The number of benzene rings is 1. The van der Waals surface area contributed by atoms with Crippen molar-refractivity contribution in [1.29, 1.82) is 0 Å². The molecule has 1 N–H and O–H groups in total. The van der Waals surface area contributed by atoms with Crippen LogP contribution in [0.1, 0.15) is 36.0 Å². The van der Waals surface area contributed by atoms with Gasteiger partial charge < -0.3 is 5.32 Å². The van der Waals surface area contributed by atoms with Gasteiger partial charge in [0.05, 0.1) is 0 Å². The van der Waals surface area contributed by atoms with E-state index in [-0.39, 0.29) is 5.91 Å². The van der Waals surface area contributed by atoms with Crippen LogP contribution in [-0.4, -0.2) is 11.9 Å². The number of hydrogen-bond acceptors (Lipinski definition) is 1. The number of amides is 1. The largest absolute Gasteiger partial charge is 0.349 e. The second kappa shape index (κ2) is 3.93. The van der Waals surface area contributed by atoms with E-state index in [0.717, 1.165) is 17.4 Å². The first-order valence-corrected chi connectivity index (χ1v) is 6.19. The van der Waals surface area contributed by atoms with Gasteiger partial charge in [-0.3, -0.25) is 4.79 Å². The van der Waals surface area contributed by atoms with Gasteiger partial charge in [0.25, 0.3) is 5.91 Å². The average Bonchev–Trinajstić information content (AvgIpc) is 2.92. The Morgan fingerprint density at radius 1 is 1.12 bits per heavy atom. The van der Waals surface area contributed by atoms with Gasteiger partial charge in [0.15, 0.2) is 0 Å². The third-order valence-corrected chi connectivity index (χ3v) is 4.09. The molecule has 16 heavy (non-hydrogen) atoms. The highest BCUT2D eigenvalue weighted by Crippen LogP contribution is 2.44. The Morgan fingerprint density at radius 2 is 1.94 bits per heavy atom. The van der Waals surface area contributed by atoms with Crippen LogP contribution in [0.15, 0.2) is 30.3 Å². The quantitative estimate of drug-likeness (QED) is 0.807. The minimum atomic E-state index is 0.0955.